The van der Waals surface area contributed by atoms with Crippen molar-refractivity contribution >= 4 is 11.6 Å². The Morgan fingerprint density at radius 3 is 2.17 bits per heavy atom. The molecule has 1 nitrogen and oxygen atoms in total. The van der Waals surface area contributed by atoms with Crippen molar-refractivity contribution in [3.8, 4) is 6.07 Å². The van der Waals surface area contributed by atoms with Crippen LogP contribution in [0.2, 0.25) is 0 Å². The van der Waals surface area contributed by atoms with Crippen LogP contribution in [0, 0.1) is 11.3 Å². The standard InChI is InChI=1S/C22H15N/c23-15-16-10-12-17(13-11-16)21-14-19-8-4-5-9-20(19)22(21)18-6-2-1-3-7-18/h1-14,22H. The monoisotopic (exact) mass is 293 g/mol. The first-order valence-electron chi connectivity index (χ1n) is 7.73. The minimum atomic E-state index is 0.250. The Bertz CT molecular complexity index is 912. The molecular formula is C22H15N. The molecule has 0 aliphatic heterocycles. The zero-order valence-electron chi connectivity index (χ0n) is 12.6. The number of nitrogens with zero attached hydrogens (tertiary/aromatic N) is 1. The Morgan fingerprint density at radius 2 is 1.43 bits per heavy atom. The van der Waals surface area contributed by atoms with Gasteiger partial charge in [-0.05, 0) is 46.0 Å². The molecule has 1 atom stereocenters. The summed E-state index contributed by atoms with van der Waals surface area (Å²) in [7, 11) is 0. The fraction of sp³-hybridized carbons (Fsp3) is 0.0455. The molecule has 0 N–H and O–H groups in total. The van der Waals surface area contributed by atoms with E-state index in [2.05, 4.69) is 66.7 Å². The van der Waals surface area contributed by atoms with Crippen molar-refractivity contribution in [1.29, 1.82) is 5.26 Å². The summed E-state index contributed by atoms with van der Waals surface area (Å²) < 4.78 is 0. The first-order chi connectivity index (χ1) is 11.4. The second-order valence-electron chi connectivity index (χ2n) is 5.76. The summed E-state index contributed by atoms with van der Waals surface area (Å²) in [6, 6.07) is 29.2. The summed E-state index contributed by atoms with van der Waals surface area (Å²) in [6.07, 6.45) is 2.27. The van der Waals surface area contributed by atoms with E-state index in [0.29, 0.717) is 5.56 Å². The van der Waals surface area contributed by atoms with Gasteiger partial charge in [-0.15, -0.1) is 0 Å². The van der Waals surface area contributed by atoms with Crippen molar-refractivity contribution in [2.45, 2.75) is 5.92 Å². The lowest BCUT2D eigenvalue weighted by Crippen LogP contribution is -2.01. The van der Waals surface area contributed by atoms with Crippen molar-refractivity contribution in [3.05, 3.63) is 107 Å². The van der Waals surface area contributed by atoms with E-state index in [1.54, 1.807) is 0 Å². The highest BCUT2D eigenvalue weighted by atomic mass is 14.3. The molecule has 1 aliphatic carbocycles. The topological polar surface area (TPSA) is 23.8 Å². The van der Waals surface area contributed by atoms with E-state index in [0.717, 1.165) is 0 Å². The molecule has 0 saturated carbocycles. The molecule has 23 heavy (non-hydrogen) atoms. The molecule has 0 fully saturated rings. The molecule has 4 rings (SSSR count). The van der Waals surface area contributed by atoms with E-state index in [-0.39, 0.29) is 5.92 Å². The van der Waals surface area contributed by atoms with Gasteiger partial charge in [0.25, 0.3) is 0 Å². The summed E-state index contributed by atoms with van der Waals surface area (Å²) in [5.41, 5.74) is 7.09. The van der Waals surface area contributed by atoms with Crippen molar-refractivity contribution < 1.29 is 0 Å². The van der Waals surface area contributed by atoms with Crippen molar-refractivity contribution in [3.63, 3.8) is 0 Å². The van der Waals surface area contributed by atoms with Crippen LogP contribution in [0.15, 0.2) is 78.9 Å². The van der Waals surface area contributed by atoms with Crippen molar-refractivity contribution in [2.75, 3.05) is 0 Å². The van der Waals surface area contributed by atoms with Crippen LogP contribution in [-0.2, 0) is 0 Å². The lowest BCUT2D eigenvalue weighted by molar-refractivity contribution is 1.07. The molecule has 1 heteroatoms. The second-order valence-corrected chi connectivity index (χ2v) is 5.76. The highest BCUT2D eigenvalue weighted by molar-refractivity contribution is 5.93. The van der Waals surface area contributed by atoms with Crippen LogP contribution in [-0.4, -0.2) is 0 Å². The lowest BCUT2D eigenvalue weighted by atomic mass is 9.85. The van der Waals surface area contributed by atoms with E-state index in [1.807, 2.05) is 24.3 Å². The minimum Gasteiger partial charge on any atom is -0.192 e. The van der Waals surface area contributed by atoms with Crippen LogP contribution in [0.1, 0.15) is 33.7 Å². The summed E-state index contributed by atoms with van der Waals surface area (Å²) in [4.78, 5) is 0. The number of hydrogen-bond donors (Lipinski definition) is 0. The summed E-state index contributed by atoms with van der Waals surface area (Å²) in [5.74, 6) is 0.250. The van der Waals surface area contributed by atoms with Crippen LogP contribution in [0.5, 0.6) is 0 Å². The van der Waals surface area contributed by atoms with Gasteiger partial charge in [-0.25, -0.2) is 0 Å². The zero-order chi connectivity index (χ0) is 15.6. The van der Waals surface area contributed by atoms with Gasteiger partial charge in [0.15, 0.2) is 0 Å². The maximum absolute atomic E-state index is 9.00. The smallest absolute Gasteiger partial charge is 0.0991 e. The average molecular weight is 293 g/mol. The number of allylic oxidation sites excluding steroid dienone is 1. The highest BCUT2D eigenvalue weighted by Crippen LogP contribution is 2.45. The summed E-state index contributed by atoms with van der Waals surface area (Å²) in [5, 5.41) is 9.00. The average Bonchev–Trinajstić information content (AvgIpc) is 3.02. The number of nitriles is 1. The molecule has 0 spiro atoms. The minimum absolute atomic E-state index is 0.250. The molecule has 3 aromatic carbocycles. The van der Waals surface area contributed by atoms with Gasteiger partial charge in [-0.3, -0.25) is 0 Å². The van der Waals surface area contributed by atoms with E-state index in [9.17, 15) is 0 Å². The van der Waals surface area contributed by atoms with E-state index in [1.165, 1.54) is 27.8 Å². The zero-order valence-corrected chi connectivity index (χ0v) is 12.6. The van der Waals surface area contributed by atoms with Gasteiger partial charge in [0.1, 0.15) is 0 Å². The van der Waals surface area contributed by atoms with Crippen LogP contribution in [0.25, 0.3) is 11.6 Å². The van der Waals surface area contributed by atoms with Gasteiger partial charge >= 0.3 is 0 Å². The fourth-order valence-corrected chi connectivity index (χ4v) is 3.32. The molecule has 0 heterocycles. The molecule has 108 valence electrons. The normalized spacial score (nSPS) is 15.6. The maximum atomic E-state index is 9.00. The van der Waals surface area contributed by atoms with Crippen molar-refractivity contribution in [2.24, 2.45) is 0 Å². The van der Waals surface area contributed by atoms with E-state index < -0.39 is 0 Å². The quantitative estimate of drug-likeness (QED) is 0.633. The van der Waals surface area contributed by atoms with Gasteiger partial charge in [0, 0.05) is 5.92 Å². The number of benzene rings is 3. The third-order valence-electron chi connectivity index (χ3n) is 4.41. The number of rotatable bonds is 2. The first kappa shape index (κ1) is 13.5. The van der Waals surface area contributed by atoms with Crippen LogP contribution < -0.4 is 0 Å². The summed E-state index contributed by atoms with van der Waals surface area (Å²) in [6.45, 7) is 0. The molecule has 3 aromatic rings. The first-order valence-corrected chi connectivity index (χ1v) is 7.73. The third-order valence-corrected chi connectivity index (χ3v) is 4.41. The third kappa shape index (κ3) is 2.35. The molecular weight excluding hydrogens is 278 g/mol. The predicted molar refractivity (Wildman–Crippen MR) is 93.8 cm³/mol. The number of hydrogen-bond acceptors (Lipinski definition) is 1. The molecule has 1 unspecified atom stereocenters. The van der Waals surface area contributed by atoms with Gasteiger partial charge in [0.05, 0.1) is 11.6 Å². The maximum Gasteiger partial charge on any atom is 0.0991 e. The van der Waals surface area contributed by atoms with Gasteiger partial charge < -0.3 is 0 Å². The predicted octanol–water partition coefficient (Wildman–Crippen LogP) is 5.24. The largest absolute Gasteiger partial charge is 0.192 e. The van der Waals surface area contributed by atoms with E-state index in [4.69, 9.17) is 5.26 Å². The molecule has 0 radical (unpaired) electrons. The van der Waals surface area contributed by atoms with Gasteiger partial charge in [0.2, 0.25) is 0 Å². The Hall–Kier alpha value is -3.11. The highest BCUT2D eigenvalue weighted by Gasteiger charge is 2.27. The molecule has 0 amide bonds. The van der Waals surface area contributed by atoms with Crippen LogP contribution >= 0.6 is 0 Å². The molecule has 0 bridgehead atoms. The van der Waals surface area contributed by atoms with Crippen LogP contribution in [0.4, 0.5) is 0 Å². The van der Waals surface area contributed by atoms with Crippen molar-refractivity contribution in [1.82, 2.24) is 0 Å². The van der Waals surface area contributed by atoms with E-state index >= 15 is 0 Å². The molecule has 0 saturated heterocycles. The second kappa shape index (κ2) is 5.59. The van der Waals surface area contributed by atoms with Gasteiger partial charge in [-0.2, -0.15) is 5.26 Å². The van der Waals surface area contributed by atoms with Gasteiger partial charge in [-0.1, -0.05) is 66.7 Å². The SMILES string of the molecule is N#Cc1ccc(C2=Cc3ccccc3C2c2ccccc2)cc1. The Labute approximate surface area is 136 Å². The van der Waals surface area contributed by atoms with Crippen LogP contribution in [0.3, 0.4) is 0 Å². The number of fused-ring (bicyclic) bond motifs is 1. The molecule has 0 aromatic heterocycles. The fourth-order valence-electron chi connectivity index (χ4n) is 3.32. The lowest BCUT2D eigenvalue weighted by Gasteiger charge is -2.18. The molecule has 1 aliphatic rings. The Kier molecular flexibility index (Phi) is 3.29. The Morgan fingerprint density at radius 1 is 0.739 bits per heavy atom. The summed E-state index contributed by atoms with van der Waals surface area (Å²) >= 11 is 0. The Balaban J connectivity index is 1.86.